The van der Waals surface area contributed by atoms with Crippen molar-refractivity contribution in [2.75, 3.05) is 18.0 Å². The maximum absolute atomic E-state index is 12.7. The number of aromatic nitrogens is 3. The zero-order valence-electron chi connectivity index (χ0n) is 11.8. The first-order chi connectivity index (χ1) is 10.8. The molecule has 23 heavy (non-hydrogen) atoms. The Morgan fingerprint density at radius 1 is 1.39 bits per heavy atom. The topological polar surface area (TPSA) is 88.8 Å². The quantitative estimate of drug-likeness (QED) is 0.879. The maximum Gasteiger partial charge on any atom is 0.416 e. The van der Waals surface area contributed by atoms with Crippen LogP contribution in [0.2, 0.25) is 0 Å². The van der Waals surface area contributed by atoms with Gasteiger partial charge in [0.15, 0.2) is 0 Å². The number of benzene rings is 1. The molecule has 0 spiro atoms. The van der Waals surface area contributed by atoms with Gasteiger partial charge in [0.25, 0.3) is 0 Å². The van der Waals surface area contributed by atoms with Crippen LogP contribution in [0.4, 0.5) is 18.9 Å². The van der Waals surface area contributed by atoms with Crippen molar-refractivity contribution in [2.45, 2.75) is 18.2 Å². The van der Waals surface area contributed by atoms with Crippen molar-refractivity contribution in [1.82, 2.24) is 15.4 Å². The fourth-order valence-electron chi connectivity index (χ4n) is 2.71. The zero-order chi connectivity index (χ0) is 16.7. The Morgan fingerprint density at radius 3 is 2.78 bits per heavy atom. The Balaban J connectivity index is 1.90. The molecule has 0 bridgehead atoms. The van der Waals surface area contributed by atoms with Gasteiger partial charge >= 0.3 is 6.18 Å². The van der Waals surface area contributed by atoms with Crippen LogP contribution >= 0.6 is 0 Å². The second-order valence-corrected chi connectivity index (χ2v) is 5.40. The van der Waals surface area contributed by atoms with Crippen LogP contribution in [0.15, 0.2) is 24.4 Å². The summed E-state index contributed by atoms with van der Waals surface area (Å²) in [5, 5.41) is 29.7. The monoisotopic (exact) mass is 323 g/mol. The lowest BCUT2D eigenvalue weighted by Gasteiger charge is -2.23. The van der Waals surface area contributed by atoms with Crippen LogP contribution < -0.4 is 4.90 Å². The lowest BCUT2D eigenvalue weighted by molar-refractivity contribution is -0.137. The van der Waals surface area contributed by atoms with Crippen LogP contribution in [0.25, 0.3) is 0 Å². The average molecular weight is 323 g/mol. The van der Waals surface area contributed by atoms with E-state index in [1.54, 1.807) is 11.0 Å². The minimum Gasteiger partial charge on any atom is -0.381 e. The molecular formula is C14H12F3N5O. The summed E-state index contributed by atoms with van der Waals surface area (Å²) in [6.07, 6.45) is -2.76. The Morgan fingerprint density at radius 2 is 2.17 bits per heavy atom. The highest BCUT2D eigenvalue weighted by molar-refractivity contribution is 5.61. The Labute approximate surface area is 129 Å². The number of nitrogens with one attached hydrogen (secondary N) is 1. The van der Waals surface area contributed by atoms with Crippen LogP contribution in [0.1, 0.15) is 23.2 Å². The summed E-state index contributed by atoms with van der Waals surface area (Å²) >= 11 is 0. The van der Waals surface area contributed by atoms with Crippen LogP contribution in [0.5, 0.6) is 0 Å². The number of anilines is 1. The van der Waals surface area contributed by atoms with E-state index in [2.05, 4.69) is 15.4 Å². The standard InChI is InChI=1S/C14H12F3N5O/c15-14(16,17)10-1-2-11(9(5-10)6-18)22-4-3-13(23,8-22)12-7-19-21-20-12/h1-2,5,7,23H,3-4,8H2,(H,19,20,21). The summed E-state index contributed by atoms with van der Waals surface area (Å²) in [5.74, 6) is 0. The van der Waals surface area contributed by atoms with Crippen molar-refractivity contribution in [3.63, 3.8) is 0 Å². The van der Waals surface area contributed by atoms with Gasteiger partial charge in [-0.2, -0.15) is 33.8 Å². The molecular weight excluding hydrogens is 311 g/mol. The molecule has 120 valence electrons. The van der Waals surface area contributed by atoms with E-state index in [1.165, 1.54) is 12.3 Å². The molecule has 1 aromatic heterocycles. The number of rotatable bonds is 2. The van der Waals surface area contributed by atoms with E-state index in [4.69, 9.17) is 5.26 Å². The van der Waals surface area contributed by atoms with Gasteiger partial charge in [0.1, 0.15) is 17.4 Å². The summed E-state index contributed by atoms with van der Waals surface area (Å²) in [6, 6.07) is 4.81. The lowest BCUT2D eigenvalue weighted by atomic mass is 10.00. The van der Waals surface area contributed by atoms with Gasteiger partial charge in [-0.05, 0) is 18.2 Å². The van der Waals surface area contributed by atoms with Gasteiger partial charge in [-0.15, -0.1) is 0 Å². The number of halogens is 3. The highest BCUT2D eigenvalue weighted by Gasteiger charge is 2.41. The third-order valence-corrected chi connectivity index (χ3v) is 3.92. The summed E-state index contributed by atoms with van der Waals surface area (Å²) in [7, 11) is 0. The minimum absolute atomic E-state index is 0.0794. The SMILES string of the molecule is N#Cc1cc(C(F)(F)F)ccc1N1CCC(O)(c2cn[nH]n2)C1. The Bertz CT molecular complexity index is 753. The largest absolute Gasteiger partial charge is 0.416 e. The first-order valence-electron chi connectivity index (χ1n) is 6.78. The van der Waals surface area contributed by atoms with Crippen LogP contribution in [0, 0.1) is 11.3 Å². The summed E-state index contributed by atoms with van der Waals surface area (Å²) in [4.78, 5) is 1.67. The number of β-amino-alcohol motifs (C(OH)–C–C–N with tert-alkyl or cyclic N) is 1. The predicted octanol–water partition coefficient (Wildman–Crippen LogP) is 1.79. The molecule has 9 heteroatoms. The van der Waals surface area contributed by atoms with E-state index >= 15 is 0 Å². The minimum atomic E-state index is -4.50. The van der Waals surface area contributed by atoms with E-state index in [1.807, 2.05) is 0 Å². The highest BCUT2D eigenvalue weighted by Crippen LogP contribution is 2.37. The van der Waals surface area contributed by atoms with Crippen molar-refractivity contribution >= 4 is 5.69 Å². The second-order valence-electron chi connectivity index (χ2n) is 5.40. The van der Waals surface area contributed by atoms with Crippen molar-refractivity contribution < 1.29 is 18.3 Å². The first kappa shape index (κ1) is 15.3. The smallest absolute Gasteiger partial charge is 0.381 e. The molecule has 1 aliphatic heterocycles. The fourth-order valence-corrected chi connectivity index (χ4v) is 2.71. The number of aromatic amines is 1. The molecule has 6 nitrogen and oxygen atoms in total. The molecule has 1 fully saturated rings. The summed E-state index contributed by atoms with van der Waals surface area (Å²) in [6.45, 7) is 0.517. The van der Waals surface area contributed by atoms with Gasteiger partial charge in [0.2, 0.25) is 0 Å². The van der Waals surface area contributed by atoms with E-state index in [0.717, 1.165) is 12.1 Å². The van der Waals surface area contributed by atoms with Crippen molar-refractivity contribution in [1.29, 1.82) is 5.26 Å². The third kappa shape index (κ3) is 2.73. The Hall–Kier alpha value is -2.60. The van der Waals surface area contributed by atoms with Gasteiger partial charge in [-0.25, -0.2) is 0 Å². The predicted molar refractivity (Wildman–Crippen MR) is 73.3 cm³/mol. The number of nitrogens with zero attached hydrogens (tertiary/aromatic N) is 4. The van der Waals surface area contributed by atoms with Gasteiger partial charge in [-0.1, -0.05) is 0 Å². The number of hydrogen-bond donors (Lipinski definition) is 2. The van der Waals surface area contributed by atoms with Gasteiger partial charge in [-0.3, -0.25) is 0 Å². The average Bonchev–Trinajstić information content (AvgIpc) is 3.16. The molecule has 1 aliphatic rings. The van der Waals surface area contributed by atoms with E-state index in [0.29, 0.717) is 24.3 Å². The molecule has 1 unspecified atom stereocenters. The highest BCUT2D eigenvalue weighted by atomic mass is 19.4. The normalized spacial score (nSPS) is 21.4. The molecule has 1 atom stereocenters. The molecule has 2 heterocycles. The Kier molecular flexibility index (Phi) is 3.49. The summed E-state index contributed by atoms with van der Waals surface area (Å²) < 4.78 is 38.2. The summed E-state index contributed by atoms with van der Waals surface area (Å²) in [5.41, 5.74) is -1.47. The fraction of sp³-hybridized carbons (Fsp3) is 0.357. The molecule has 1 saturated heterocycles. The van der Waals surface area contributed by atoms with Crippen molar-refractivity contribution in [3.8, 4) is 6.07 Å². The number of alkyl halides is 3. The lowest BCUT2D eigenvalue weighted by Crippen LogP contribution is -2.31. The molecule has 1 aromatic carbocycles. The molecule has 3 rings (SSSR count). The molecule has 0 aliphatic carbocycles. The van der Waals surface area contributed by atoms with Crippen LogP contribution in [0.3, 0.4) is 0 Å². The van der Waals surface area contributed by atoms with E-state index in [9.17, 15) is 18.3 Å². The van der Waals surface area contributed by atoms with Crippen LogP contribution in [-0.4, -0.2) is 33.6 Å². The number of aliphatic hydroxyl groups is 1. The van der Waals surface area contributed by atoms with E-state index < -0.39 is 17.3 Å². The van der Waals surface area contributed by atoms with E-state index in [-0.39, 0.29) is 12.1 Å². The third-order valence-electron chi connectivity index (χ3n) is 3.92. The van der Waals surface area contributed by atoms with Crippen LogP contribution in [-0.2, 0) is 11.8 Å². The number of hydrogen-bond acceptors (Lipinski definition) is 5. The van der Waals surface area contributed by atoms with Gasteiger partial charge in [0.05, 0.1) is 29.6 Å². The molecule has 0 amide bonds. The van der Waals surface area contributed by atoms with Gasteiger partial charge in [0, 0.05) is 13.0 Å². The van der Waals surface area contributed by atoms with Crippen molar-refractivity contribution in [2.24, 2.45) is 0 Å². The number of nitriles is 1. The molecule has 2 N–H and O–H groups in total. The second kappa shape index (κ2) is 5.24. The maximum atomic E-state index is 12.7. The first-order valence-corrected chi connectivity index (χ1v) is 6.78. The molecule has 0 saturated carbocycles. The molecule has 2 aromatic rings. The van der Waals surface area contributed by atoms with Gasteiger partial charge < -0.3 is 10.0 Å². The molecule has 0 radical (unpaired) electrons. The zero-order valence-corrected chi connectivity index (χ0v) is 11.8. The van der Waals surface area contributed by atoms with Crippen molar-refractivity contribution in [3.05, 3.63) is 41.2 Å². The number of H-pyrrole nitrogens is 1.